The molecule has 1 unspecified atom stereocenters. The number of nitro groups is 1. The summed E-state index contributed by atoms with van der Waals surface area (Å²) in [6, 6.07) is 2.45. The number of carboxylic acids is 1. The fourth-order valence-corrected chi connectivity index (χ4v) is 1.81. The first-order valence-corrected chi connectivity index (χ1v) is 6.22. The van der Waals surface area contributed by atoms with Crippen LogP contribution in [0.15, 0.2) is 12.1 Å². The monoisotopic (exact) mass is 322 g/mol. The van der Waals surface area contributed by atoms with Crippen LogP contribution in [0.3, 0.4) is 0 Å². The molecule has 0 spiro atoms. The van der Waals surface area contributed by atoms with E-state index in [0.29, 0.717) is 0 Å². The summed E-state index contributed by atoms with van der Waals surface area (Å²) in [7, 11) is 1.36. The summed E-state index contributed by atoms with van der Waals surface area (Å²) < 4.78 is 4.96. The van der Waals surface area contributed by atoms with Crippen LogP contribution in [0.4, 0.5) is 11.4 Å². The smallest absolute Gasteiger partial charge is 0.306 e. The van der Waals surface area contributed by atoms with Gasteiger partial charge in [0.1, 0.15) is 5.69 Å². The molecule has 0 aliphatic heterocycles. The molecule has 0 amide bonds. The first kappa shape index (κ1) is 16.5. The van der Waals surface area contributed by atoms with Crippen LogP contribution in [-0.4, -0.2) is 35.8 Å². The van der Waals surface area contributed by atoms with Crippen LogP contribution >= 0.6 is 23.2 Å². The van der Waals surface area contributed by atoms with Crippen LogP contribution in [0.5, 0.6) is 0 Å². The van der Waals surface area contributed by atoms with Crippen LogP contribution in [0.1, 0.15) is 6.42 Å². The predicted octanol–water partition coefficient (Wildman–Crippen LogP) is 2.80. The van der Waals surface area contributed by atoms with Crippen molar-refractivity contribution in [3.63, 3.8) is 0 Å². The van der Waals surface area contributed by atoms with Crippen molar-refractivity contribution in [2.24, 2.45) is 0 Å². The van der Waals surface area contributed by atoms with Gasteiger partial charge in [0.25, 0.3) is 5.69 Å². The van der Waals surface area contributed by atoms with Crippen molar-refractivity contribution in [1.82, 2.24) is 0 Å². The molecule has 1 aromatic rings. The number of carbonyl (C=O) groups is 1. The number of carboxylic acid groups (broad SMARTS) is 1. The van der Waals surface area contributed by atoms with Gasteiger partial charge in [-0.25, -0.2) is 0 Å². The molecule has 0 aliphatic carbocycles. The lowest BCUT2D eigenvalue weighted by molar-refractivity contribution is -0.383. The number of anilines is 1. The fourth-order valence-electron chi connectivity index (χ4n) is 1.49. The maximum absolute atomic E-state index is 10.9. The Bertz CT molecular complexity index is 524. The maximum atomic E-state index is 10.9. The minimum atomic E-state index is -1.03. The number of ether oxygens (including phenoxy) is 1. The standard InChI is InChI=1S/C11H12Cl2N2O5/c1-20-6(2-11(16)17)5-14-9-3-7(12)8(13)4-10(9)15(18)19/h3-4,6,14H,2,5H2,1H3,(H,16,17). The second kappa shape index (κ2) is 7.28. The van der Waals surface area contributed by atoms with Gasteiger partial charge in [-0.1, -0.05) is 23.2 Å². The second-order valence-electron chi connectivity index (χ2n) is 3.88. The molecule has 0 saturated carbocycles. The van der Waals surface area contributed by atoms with Gasteiger partial charge in [0.05, 0.1) is 27.5 Å². The van der Waals surface area contributed by atoms with E-state index in [1.54, 1.807) is 0 Å². The Balaban J connectivity index is 2.88. The molecule has 0 bridgehead atoms. The van der Waals surface area contributed by atoms with E-state index in [1.165, 1.54) is 13.2 Å². The highest BCUT2D eigenvalue weighted by Crippen LogP contribution is 2.33. The SMILES string of the molecule is COC(CNc1cc(Cl)c(Cl)cc1[N+](=O)[O-])CC(=O)O. The van der Waals surface area contributed by atoms with E-state index >= 15 is 0 Å². The zero-order chi connectivity index (χ0) is 15.3. The summed E-state index contributed by atoms with van der Waals surface area (Å²) in [6.07, 6.45) is -0.847. The number of hydrogen-bond acceptors (Lipinski definition) is 5. The van der Waals surface area contributed by atoms with Crippen molar-refractivity contribution >= 4 is 40.5 Å². The molecule has 9 heteroatoms. The van der Waals surface area contributed by atoms with Crippen molar-refractivity contribution in [3.8, 4) is 0 Å². The maximum Gasteiger partial charge on any atom is 0.306 e. The largest absolute Gasteiger partial charge is 0.481 e. The van der Waals surface area contributed by atoms with E-state index in [-0.39, 0.29) is 34.4 Å². The van der Waals surface area contributed by atoms with Gasteiger partial charge < -0.3 is 15.2 Å². The molecular weight excluding hydrogens is 311 g/mol. The summed E-state index contributed by atoms with van der Waals surface area (Å²) >= 11 is 11.5. The van der Waals surface area contributed by atoms with Crippen molar-refractivity contribution in [1.29, 1.82) is 0 Å². The highest BCUT2D eigenvalue weighted by molar-refractivity contribution is 6.42. The zero-order valence-electron chi connectivity index (χ0n) is 10.4. The number of nitrogens with one attached hydrogen (secondary N) is 1. The number of rotatable bonds is 7. The van der Waals surface area contributed by atoms with Gasteiger partial charge >= 0.3 is 5.97 Å². The first-order valence-electron chi connectivity index (χ1n) is 5.47. The lowest BCUT2D eigenvalue weighted by Crippen LogP contribution is -2.25. The van der Waals surface area contributed by atoms with Crippen LogP contribution in [0.25, 0.3) is 0 Å². The predicted molar refractivity (Wildman–Crippen MR) is 74.7 cm³/mol. The van der Waals surface area contributed by atoms with Crippen LogP contribution in [0, 0.1) is 10.1 Å². The average Bonchev–Trinajstić information content (AvgIpc) is 2.37. The lowest BCUT2D eigenvalue weighted by Gasteiger charge is -2.15. The molecular formula is C11H12Cl2N2O5. The van der Waals surface area contributed by atoms with E-state index in [0.717, 1.165) is 6.07 Å². The summed E-state index contributed by atoms with van der Waals surface area (Å²) in [5.74, 6) is -1.03. The van der Waals surface area contributed by atoms with Crippen LogP contribution in [-0.2, 0) is 9.53 Å². The topological polar surface area (TPSA) is 102 Å². The highest BCUT2D eigenvalue weighted by atomic mass is 35.5. The Kier molecular flexibility index (Phi) is 6.00. The molecule has 2 N–H and O–H groups in total. The minimum absolute atomic E-state index is 0.0674. The Morgan fingerprint density at radius 1 is 1.50 bits per heavy atom. The van der Waals surface area contributed by atoms with Gasteiger partial charge in [0.15, 0.2) is 0 Å². The van der Waals surface area contributed by atoms with E-state index in [4.69, 9.17) is 33.0 Å². The molecule has 7 nitrogen and oxygen atoms in total. The first-order chi connectivity index (χ1) is 9.35. The Morgan fingerprint density at radius 2 is 2.10 bits per heavy atom. The zero-order valence-corrected chi connectivity index (χ0v) is 11.9. The van der Waals surface area contributed by atoms with Gasteiger partial charge in [0.2, 0.25) is 0 Å². The summed E-state index contributed by atoms with van der Waals surface area (Å²) in [5.41, 5.74) is -0.0959. The average molecular weight is 323 g/mol. The second-order valence-corrected chi connectivity index (χ2v) is 4.69. The Labute approximate surface area is 124 Å². The van der Waals surface area contributed by atoms with Gasteiger partial charge in [0, 0.05) is 19.7 Å². The molecule has 0 radical (unpaired) electrons. The number of aliphatic carboxylic acids is 1. The Morgan fingerprint density at radius 3 is 2.60 bits per heavy atom. The number of benzene rings is 1. The minimum Gasteiger partial charge on any atom is -0.481 e. The third-order valence-electron chi connectivity index (χ3n) is 2.49. The molecule has 0 saturated heterocycles. The molecule has 110 valence electrons. The molecule has 0 fully saturated rings. The number of halogens is 2. The lowest BCUT2D eigenvalue weighted by atomic mass is 10.2. The summed E-state index contributed by atoms with van der Waals surface area (Å²) in [5, 5.41) is 22.6. The van der Waals surface area contributed by atoms with E-state index < -0.39 is 17.0 Å². The van der Waals surface area contributed by atoms with E-state index in [1.807, 2.05) is 0 Å². The third kappa shape index (κ3) is 4.52. The molecule has 20 heavy (non-hydrogen) atoms. The molecule has 0 aliphatic rings. The van der Waals surface area contributed by atoms with Crippen molar-refractivity contribution in [2.75, 3.05) is 19.0 Å². The normalized spacial score (nSPS) is 11.9. The number of nitro benzene ring substituents is 1. The summed E-state index contributed by atoms with van der Waals surface area (Å²) in [4.78, 5) is 20.9. The van der Waals surface area contributed by atoms with Crippen LogP contribution < -0.4 is 5.32 Å². The van der Waals surface area contributed by atoms with Crippen LogP contribution in [0.2, 0.25) is 10.0 Å². The van der Waals surface area contributed by atoms with Crippen molar-refractivity contribution in [2.45, 2.75) is 12.5 Å². The van der Waals surface area contributed by atoms with Gasteiger partial charge in [-0.2, -0.15) is 0 Å². The van der Waals surface area contributed by atoms with E-state index in [2.05, 4.69) is 5.32 Å². The van der Waals surface area contributed by atoms with Gasteiger partial charge in [-0.15, -0.1) is 0 Å². The molecule has 1 aromatic carbocycles. The van der Waals surface area contributed by atoms with Gasteiger partial charge in [-0.3, -0.25) is 14.9 Å². The number of methoxy groups -OCH3 is 1. The number of nitrogens with zero attached hydrogens (tertiary/aromatic N) is 1. The third-order valence-corrected chi connectivity index (χ3v) is 3.21. The molecule has 0 heterocycles. The number of hydrogen-bond donors (Lipinski definition) is 2. The molecule has 1 rings (SSSR count). The Hall–Kier alpha value is -1.57. The molecule has 0 aromatic heterocycles. The quantitative estimate of drug-likeness (QED) is 0.591. The van der Waals surface area contributed by atoms with Gasteiger partial charge in [-0.05, 0) is 6.07 Å². The molecule has 1 atom stereocenters. The highest BCUT2D eigenvalue weighted by Gasteiger charge is 2.19. The van der Waals surface area contributed by atoms with Crippen molar-refractivity contribution < 1.29 is 19.6 Å². The summed E-state index contributed by atoms with van der Waals surface area (Å²) in [6.45, 7) is 0.0849. The fraction of sp³-hybridized carbons (Fsp3) is 0.364. The van der Waals surface area contributed by atoms with Crippen molar-refractivity contribution in [3.05, 3.63) is 32.3 Å². The van der Waals surface area contributed by atoms with E-state index in [9.17, 15) is 14.9 Å².